The topological polar surface area (TPSA) is 81.5 Å². The standard InChI is InChI=1S/C11H14N2O4/c1-12-8-2-3-11(14)17-10-6-4-9(5-7-10)13(15)16/h4-7,12H,2-3,8H2,1H3. The van der Waals surface area contributed by atoms with Crippen LogP contribution in [0.1, 0.15) is 12.8 Å². The van der Waals surface area contributed by atoms with Gasteiger partial charge in [0.15, 0.2) is 0 Å². The van der Waals surface area contributed by atoms with Crippen LogP contribution < -0.4 is 10.1 Å². The molecule has 6 nitrogen and oxygen atoms in total. The molecule has 0 unspecified atom stereocenters. The highest BCUT2D eigenvalue weighted by molar-refractivity contribution is 5.72. The van der Waals surface area contributed by atoms with Crippen molar-refractivity contribution < 1.29 is 14.5 Å². The summed E-state index contributed by atoms with van der Waals surface area (Å²) in [5.41, 5.74) is -0.0278. The smallest absolute Gasteiger partial charge is 0.311 e. The van der Waals surface area contributed by atoms with E-state index in [-0.39, 0.29) is 11.7 Å². The predicted octanol–water partition coefficient (Wildman–Crippen LogP) is 1.50. The highest BCUT2D eigenvalue weighted by atomic mass is 16.6. The zero-order valence-corrected chi connectivity index (χ0v) is 9.51. The molecule has 0 aliphatic heterocycles. The van der Waals surface area contributed by atoms with Gasteiger partial charge in [-0.1, -0.05) is 0 Å². The Kier molecular flexibility index (Phi) is 5.09. The van der Waals surface area contributed by atoms with E-state index >= 15 is 0 Å². The van der Waals surface area contributed by atoms with Crippen LogP contribution in [0.15, 0.2) is 24.3 Å². The van der Waals surface area contributed by atoms with Crippen LogP contribution in [-0.4, -0.2) is 24.5 Å². The lowest BCUT2D eigenvalue weighted by Gasteiger charge is -2.03. The van der Waals surface area contributed by atoms with Crippen LogP contribution in [0.25, 0.3) is 0 Å². The van der Waals surface area contributed by atoms with Crippen LogP contribution in [0.2, 0.25) is 0 Å². The molecule has 0 aliphatic rings. The Balaban J connectivity index is 2.46. The second-order valence-electron chi connectivity index (χ2n) is 3.43. The predicted molar refractivity (Wildman–Crippen MR) is 61.9 cm³/mol. The first-order valence-electron chi connectivity index (χ1n) is 5.23. The Morgan fingerprint density at radius 2 is 2.06 bits per heavy atom. The molecule has 0 saturated carbocycles. The Morgan fingerprint density at radius 1 is 1.41 bits per heavy atom. The summed E-state index contributed by atoms with van der Waals surface area (Å²) in [5.74, 6) is -0.0147. The molecule has 0 atom stereocenters. The van der Waals surface area contributed by atoms with Gasteiger partial charge in [0.1, 0.15) is 5.75 Å². The van der Waals surface area contributed by atoms with Crippen molar-refractivity contribution >= 4 is 11.7 Å². The fourth-order valence-corrected chi connectivity index (χ4v) is 1.23. The molecule has 92 valence electrons. The van der Waals surface area contributed by atoms with Gasteiger partial charge in [-0.25, -0.2) is 0 Å². The zero-order chi connectivity index (χ0) is 12.7. The van der Waals surface area contributed by atoms with E-state index in [0.29, 0.717) is 18.6 Å². The number of hydrogen-bond donors (Lipinski definition) is 1. The molecule has 0 spiro atoms. The minimum Gasteiger partial charge on any atom is -0.427 e. The third-order valence-corrected chi connectivity index (χ3v) is 2.09. The Bertz CT molecular complexity index is 389. The van der Waals surface area contributed by atoms with Crippen LogP contribution in [0.3, 0.4) is 0 Å². The fourth-order valence-electron chi connectivity index (χ4n) is 1.23. The van der Waals surface area contributed by atoms with E-state index in [2.05, 4.69) is 5.32 Å². The van der Waals surface area contributed by atoms with Crippen molar-refractivity contribution in [3.8, 4) is 5.75 Å². The minimum absolute atomic E-state index is 0.0278. The average molecular weight is 238 g/mol. The van der Waals surface area contributed by atoms with Gasteiger partial charge in [-0.05, 0) is 32.1 Å². The van der Waals surface area contributed by atoms with Crippen molar-refractivity contribution in [3.05, 3.63) is 34.4 Å². The number of nitro benzene ring substituents is 1. The van der Waals surface area contributed by atoms with Gasteiger partial charge in [-0.15, -0.1) is 0 Å². The summed E-state index contributed by atoms with van der Waals surface area (Å²) < 4.78 is 5.01. The highest BCUT2D eigenvalue weighted by Crippen LogP contribution is 2.17. The van der Waals surface area contributed by atoms with Gasteiger partial charge in [0.25, 0.3) is 5.69 Å². The van der Waals surface area contributed by atoms with Crippen molar-refractivity contribution in [1.82, 2.24) is 5.32 Å². The number of nitrogens with one attached hydrogen (secondary N) is 1. The highest BCUT2D eigenvalue weighted by Gasteiger charge is 2.07. The third-order valence-electron chi connectivity index (χ3n) is 2.09. The second kappa shape index (κ2) is 6.59. The van der Waals surface area contributed by atoms with E-state index in [1.807, 2.05) is 7.05 Å². The number of nitrogens with zero attached hydrogens (tertiary/aromatic N) is 1. The monoisotopic (exact) mass is 238 g/mol. The van der Waals surface area contributed by atoms with Gasteiger partial charge >= 0.3 is 5.97 Å². The average Bonchev–Trinajstić information content (AvgIpc) is 2.30. The van der Waals surface area contributed by atoms with Gasteiger partial charge in [0.05, 0.1) is 4.92 Å². The van der Waals surface area contributed by atoms with E-state index in [4.69, 9.17) is 4.74 Å². The molecule has 0 saturated heterocycles. The number of nitro groups is 1. The Morgan fingerprint density at radius 3 is 2.59 bits per heavy atom. The molecule has 1 rings (SSSR count). The quantitative estimate of drug-likeness (QED) is 0.267. The number of carbonyl (C=O) groups excluding carboxylic acids is 1. The Labute approximate surface area is 98.7 Å². The number of esters is 1. The molecular formula is C11H14N2O4. The SMILES string of the molecule is CNCCCC(=O)Oc1ccc([N+](=O)[O-])cc1. The molecule has 0 aliphatic carbocycles. The zero-order valence-electron chi connectivity index (χ0n) is 9.51. The number of ether oxygens (including phenoxy) is 1. The van der Waals surface area contributed by atoms with Crippen molar-refractivity contribution in [1.29, 1.82) is 0 Å². The molecule has 0 radical (unpaired) electrons. The number of hydrogen-bond acceptors (Lipinski definition) is 5. The van der Waals surface area contributed by atoms with E-state index in [1.165, 1.54) is 24.3 Å². The number of carbonyl (C=O) groups is 1. The molecule has 0 amide bonds. The molecule has 1 aromatic carbocycles. The lowest BCUT2D eigenvalue weighted by atomic mass is 10.3. The van der Waals surface area contributed by atoms with Crippen LogP contribution in [0, 0.1) is 10.1 Å². The molecule has 6 heteroatoms. The number of benzene rings is 1. The van der Waals surface area contributed by atoms with Crippen molar-refractivity contribution in [2.45, 2.75) is 12.8 Å². The van der Waals surface area contributed by atoms with Crippen LogP contribution in [0.4, 0.5) is 5.69 Å². The lowest BCUT2D eigenvalue weighted by molar-refractivity contribution is -0.384. The van der Waals surface area contributed by atoms with Crippen LogP contribution in [0.5, 0.6) is 5.75 Å². The number of non-ortho nitro benzene ring substituents is 1. The third kappa shape index (κ3) is 4.60. The lowest BCUT2D eigenvalue weighted by Crippen LogP contribution is -2.13. The van der Waals surface area contributed by atoms with Gasteiger partial charge in [0.2, 0.25) is 0 Å². The summed E-state index contributed by atoms with van der Waals surface area (Å²) in [6.07, 6.45) is 1.01. The van der Waals surface area contributed by atoms with E-state index in [0.717, 1.165) is 6.54 Å². The molecule has 0 heterocycles. The fraction of sp³-hybridized carbons (Fsp3) is 0.364. The minimum atomic E-state index is -0.501. The van der Waals surface area contributed by atoms with Crippen LogP contribution >= 0.6 is 0 Å². The molecule has 0 fully saturated rings. The van der Waals surface area contributed by atoms with Gasteiger partial charge in [-0.2, -0.15) is 0 Å². The molecule has 1 aromatic rings. The molecule has 0 bridgehead atoms. The summed E-state index contributed by atoms with van der Waals surface area (Å²) in [5, 5.41) is 13.3. The second-order valence-corrected chi connectivity index (χ2v) is 3.43. The molecule has 0 aromatic heterocycles. The number of rotatable bonds is 6. The maximum atomic E-state index is 11.3. The molecular weight excluding hydrogens is 224 g/mol. The largest absolute Gasteiger partial charge is 0.427 e. The van der Waals surface area contributed by atoms with Crippen LogP contribution in [-0.2, 0) is 4.79 Å². The van der Waals surface area contributed by atoms with Gasteiger partial charge in [0, 0.05) is 18.6 Å². The summed E-state index contributed by atoms with van der Waals surface area (Å²) >= 11 is 0. The van der Waals surface area contributed by atoms with E-state index < -0.39 is 4.92 Å². The molecule has 17 heavy (non-hydrogen) atoms. The summed E-state index contributed by atoms with van der Waals surface area (Å²) in [7, 11) is 1.81. The normalized spacial score (nSPS) is 9.94. The first kappa shape index (κ1) is 13.1. The van der Waals surface area contributed by atoms with Crippen molar-refractivity contribution in [2.24, 2.45) is 0 Å². The van der Waals surface area contributed by atoms with Crippen molar-refractivity contribution in [2.75, 3.05) is 13.6 Å². The van der Waals surface area contributed by atoms with E-state index in [9.17, 15) is 14.9 Å². The summed E-state index contributed by atoms with van der Waals surface area (Å²) in [4.78, 5) is 21.2. The van der Waals surface area contributed by atoms with Crippen molar-refractivity contribution in [3.63, 3.8) is 0 Å². The Hall–Kier alpha value is -1.95. The maximum absolute atomic E-state index is 11.3. The first-order valence-corrected chi connectivity index (χ1v) is 5.23. The molecule has 1 N–H and O–H groups in total. The summed E-state index contributed by atoms with van der Waals surface area (Å²) in [6, 6.07) is 5.43. The summed E-state index contributed by atoms with van der Waals surface area (Å²) in [6.45, 7) is 0.745. The first-order chi connectivity index (χ1) is 8.13. The van der Waals surface area contributed by atoms with Gasteiger partial charge in [-0.3, -0.25) is 14.9 Å². The maximum Gasteiger partial charge on any atom is 0.311 e. The van der Waals surface area contributed by atoms with E-state index in [1.54, 1.807) is 0 Å². The van der Waals surface area contributed by atoms with Gasteiger partial charge < -0.3 is 10.1 Å².